The van der Waals surface area contributed by atoms with Gasteiger partial charge in [0.05, 0.1) is 20.2 Å². The van der Waals surface area contributed by atoms with Crippen LogP contribution in [-0.2, 0) is 6.42 Å². The van der Waals surface area contributed by atoms with Crippen LogP contribution in [0.2, 0.25) is 0 Å². The first-order valence-corrected chi connectivity index (χ1v) is 9.58. The van der Waals surface area contributed by atoms with Crippen molar-refractivity contribution in [2.45, 2.75) is 32.2 Å². The van der Waals surface area contributed by atoms with E-state index < -0.39 is 0 Å². The van der Waals surface area contributed by atoms with Crippen molar-refractivity contribution >= 4 is 16.3 Å². The van der Waals surface area contributed by atoms with E-state index in [1.165, 1.54) is 17.7 Å². The minimum atomic E-state index is 0.0798. The molecule has 1 aliphatic heterocycles. The molecular weight excluding hydrogens is 336 g/mol. The maximum atomic E-state index is 10.8. The SMILES string of the molecule is CCc1nc2sc([C@@H](c3cccc(OC)c3)[NH+]3CCCC3)c(O)n2n1. The Morgan fingerprint density at radius 1 is 1.36 bits per heavy atom. The molecular formula is C18H23N4O2S+. The molecule has 0 unspecified atom stereocenters. The van der Waals surface area contributed by atoms with Gasteiger partial charge in [-0.3, -0.25) is 0 Å². The van der Waals surface area contributed by atoms with Crippen molar-refractivity contribution in [1.82, 2.24) is 14.6 Å². The summed E-state index contributed by atoms with van der Waals surface area (Å²) in [6.45, 7) is 4.23. The molecule has 3 heterocycles. The van der Waals surface area contributed by atoms with Crippen LogP contribution in [0.15, 0.2) is 24.3 Å². The van der Waals surface area contributed by atoms with Gasteiger partial charge in [0, 0.05) is 24.8 Å². The van der Waals surface area contributed by atoms with E-state index >= 15 is 0 Å². The van der Waals surface area contributed by atoms with Gasteiger partial charge >= 0.3 is 0 Å². The molecule has 132 valence electrons. The van der Waals surface area contributed by atoms with Crippen LogP contribution in [0.5, 0.6) is 11.6 Å². The molecule has 25 heavy (non-hydrogen) atoms. The molecule has 1 aliphatic rings. The predicted octanol–water partition coefficient (Wildman–Crippen LogP) is 1.84. The van der Waals surface area contributed by atoms with Gasteiger partial charge in [0.25, 0.3) is 0 Å². The van der Waals surface area contributed by atoms with E-state index in [1.807, 2.05) is 19.1 Å². The van der Waals surface area contributed by atoms with Crippen LogP contribution in [0, 0.1) is 0 Å². The fraction of sp³-hybridized carbons (Fsp3) is 0.444. The van der Waals surface area contributed by atoms with E-state index in [1.54, 1.807) is 23.0 Å². The quantitative estimate of drug-likeness (QED) is 0.730. The van der Waals surface area contributed by atoms with Crippen LogP contribution in [-0.4, -0.2) is 39.9 Å². The standard InChI is InChI=1S/C18H22N4O2S/c1-3-14-19-18-22(20-14)17(23)16(25-18)15(21-9-4-5-10-21)12-7-6-8-13(11-12)24-2/h6-8,11,15,23H,3-5,9-10H2,1-2H3/p+1/t15-/m1/s1. The lowest BCUT2D eigenvalue weighted by Gasteiger charge is -2.24. The Labute approximate surface area is 150 Å². The van der Waals surface area contributed by atoms with Gasteiger partial charge in [-0.1, -0.05) is 30.4 Å². The van der Waals surface area contributed by atoms with Gasteiger partial charge in [-0.15, -0.1) is 5.10 Å². The zero-order chi connectivity index (χ0) is 17.4. The number of aromatic hydroxyl groups is 1. The molecule has 0 saturated carbocycles. The van der Waals surface area contributed by atoms with E-state index in [2.05, 4.69) is 22.2 Å². The van der Waals surface area contributed by atoms with Gasteiger partial charge in [0.15, 0.2) is 11.9 Å². The second kappa shape index (κ2) is 6.65. The average Bonchev–Trinajstić information content (AvgIpc) is 3.35. The monoisotopic (exact) mass is 359 g/mol. The number of benzene rings is 1. The molecule has 1 aromatic carbocycles. The number of aromatic nitrogens is 3. The number of methoxy groups -OCH3 is 1. The highest BCUT2D eigenvalue weighted by Crippen LogP contribution is 2.36. The Morgan fingerprint density at radius 3 is 2.84 bits per heavy atom. The molecule has 4 rings (SSSR count). The lowest BCUT2D eigenvalue weighted by Crippen LogP contribution is -3.10. The summed E-state index contributed by atoms with van der Waals surface area (Å²) in [6.07, 6.45) is 3.20. The van der Waals surface area contributed by atoms with Crippen LogP contribution < -0.4 is 9.64 Å². The first-order chi connectivity index (χ1) is 12.2. The van der Waals surface area contributed by atoms with Crippen molar-refractivity contribution in [2.75, 3.05) is 20.2 Å². The minimum absolute atomic E-state index is 0.0798. The zero-order valence-electron chi connectivity index (χ0n) is 14.5. The summed E-state index contributed by atoms with van der Waals surface area (Å²) in [5.74, 6) is 1.83. The number of aryl methyl sites for hydroxylation is 1. The Balaban J connectivity index is 1.82. The molecule has 3 aromatic rings. The van der Waals surface area contributed by atoms with Gasteiger partial charge in [-0.05, 0) is 12.1 Å². The van der Waals surface area contributed by atoms with Gasteiger partial charge in [0.2, 0.25) is 10.8 Å². The summed E-state index contributed by atoms with van der Waals surface area (Å²) in [6, 6.07) is 8.24. The normalized spacial score (nSPS) is 16.6. The third-order valence-electron chi connectivity index (χ3n) is 4.90. The van der Waals surface area contributed by atoms with Crippen molar-refractivity contribution in [2.24, 2.45) is 0 Å². The number of rotatable bonds is 5. The molecule has 1 fully saturated rings. The Hall–Kier alpha value is -2.12. The minimum Gasteiger partial charge on any atom is -0.497 e. The molecule has 2 aromatic heterocycles. The van der Waals surface area contributed by atoms with E-state index in [-0.39, 0.29) is 11.9 Å². The summed E-state index contributed by atoms with van der Waals surface area (Å²) in [7, 11) is 1.68. The molecule has 1 saturated heterocycles. The maximum Gasteiger partial charge on any atom is 0.235 e. The maximum absolute atomic E-state index is 10.8. The van der Waals surface area contributed by atoms with Crippen LogP contribution in [0.4, 0.5) is 0 Å². The van der Waals surface area contributed by atoms with Crippen LogP contribution in [0.25, 0.3) is 4.96 Å². The van der Waals surface area contributed by atoms with Crippen LogP contribution in [0.1, 0.15) is 42.1 Å². The number of nitrogens with one attached hydrogen (secondary N) is 1. The summed E-state index contributed by atoms with van der Waals surface area (Å²) in [4.78, 5) is 7.69. The van der Waals surface area contributed by atoms with Crippen molar-refractivity contribution in [3.63, 3.8) is 0 Å². The lowest BCUT2D eigenvalue weighted by atomic mass is 10.0. The summed E-state index contributed by atoms with van der Waals surface area (Å²) >= 11 is 1.54. The molecule has 7 heteroatoms. The molecule has 0 bridgehead atoms. The van der Waals surface area contributed by atoms with Crippen molar-refractivity contribution in [3.05, 3.63) is 40.5 Å². The highest BCUT2D eigenvalue weighted by molar-refractivity contribution is 7.17. The lowest BCUT2D eigenvalue weighted by molar-refractivity contribution is -0.913. The number of quaternary nitrogens is 1. The predicted molar refractivity (Wildman–Crippen MR) is 96.7 cm³/mol. The number of fused-ring (bicyclic) bond motifs is 1. The molecule has 0 aliphatic carbocycles. The molecule has 0 spiro atoms. The Bertz CT molecular complexity index is 882. The van der Waals surface area contributed by atoms with Gasteiger partial charge in [-0.2, -0.15) is 4.52 Å². The van der Waals surface area contributed by atoms with E-state index in [9.17, 15) is 5.11 Å². The second-order valence-electron chi connectivity index (χ2n) is 6.44. The highest BCUT2D eigenvalue weighted by atomic mass is 32.1. The topological polar surface area (TPSA) is 64.1 Å². The van der Waals surface area contributed by atoms with Gasteiger partial charge in [-0.25, -0.2) is 4.98 Å². The summed E-state index contributed by atoms with van der Waals surface area (Å²) in [5.41, 5.74) is 1.16. The first kappa shape index (κ1) is 16.4. The number of hydrogen-bond acceptors (Lipinski definition) is 5. The van der Waals surface area contributed by atoms with Gasteiger partial charge in [0.1, 0.15) is 10.6 Å². The van der Waals surface area contributed by atoms with Crippen molar-refractivity contribution in [3.8, 4) is 11.6 Å². The molecule has 1 atom stereocenters. The Kier molecular flexibility index (Phi) is 4.35. The van der Waals surface area contributed by atoms with Crippen molar-refractivity contribution in [1.29, 1.82) is 0 Å². The van der Waals surface area contributed by atoms with Crippen molar-refractivity contribution < 1.29 is 14.7 Å². The summed E-state index contributed by atoms with van der Waals surface area (Å²) < 4.78 is 6.99. The highest BCUT2D eigenvalue weighted by Gasteiger charge is 2.34. The third kappa shape index (κ3) is 2.87. The molecule has 0 radical (unpaired) electrons. The van der Waals surface area contributed by atoms with Gasteiger partial charge < -0.3 is 14.7 Å². The number of nitrogens with zero attached hydrogens (tertiary/aromatic N) is 3. The smallest absolute Gasteiger partial charge is 0.235 e. The fourth-order valence-electron chi connectivity index (χ4n) is 3.64. The van der Waals surface area contributed by atoms with E-state index in [4.69, 9.17) is 4.74 Å². The summed E-state index contributed by atoms with van der Waals surface area (Å²) in [5, 5.41) is 15.3. The van der Waals surface area contributed by atoms with E-state index in [0.717, 1.165) is 46.5 Å². The van der Waals surface area contributed by atoms with Crippen LogP contribution >= 0.6 is 11.3 Å². The third-order valence-corrected chi connectivity index (χ3v) is 5.99. The average molecular weight is 359 g/mol. The number of hydrogen-bond donors (Lipinski definition) is 2. The second-order valence-corrected chi connectivity index (χ2v) is 7.45. The number of thiazole rings is 1. The first-order valence-electron chi connectivity index (χ1n) is 8.77. The Morgan fingerprint density at radius 2 is 2.16 bits per heavy atom. The number of ether oxygens (including phenoxy) is 1. The largest absolute Gasteiger partial charge is 0.497 e. The fourth-order valence-corrected chi connectivity index (χ4v) is 4.80. The number of likely N-dealkylation sites (tertiary alicyclic amines) is 1. The van der Waals surface area contributed by atoms with E-state index in [0.29, 0.717) is 0 Å². The molecule has 0 amide bonds. The zero-order valence-corrected chi connectivity index (χ0v) is 15.3. The molecule has 6 nitrogen and oxygen atoms in total. The van der Waals surface area contributed by atoms with Crippen LogP contribution in [0.3, 0.4) is 0 Å². The molecule has 2 N–H and O–H groups in total.